The molecule has 6 aliphatic rings. The monoisotopic (exact) mass is 630 g/mol. The first kappa shape index (κ1) is 32.2. The summed E-state index contributed by atoms with van der Waals surface area (Å²) in [5.41, 5.74) is 8.86. The number of hydrogen-bond acceptors (Lipinski definition) is 8. The molecule has 4 saturated heterocycles. The largest absolute Gasteiger partial charge is 0.368 e. The van der Waals surface area contributed by atoms with Crippen LogP contribution >= 0.6 is 0 Å². The van der Waals surface area contributed by atoms with E-state index < -0.39 is 47.1 Å². The first-order valence-corrected chi connectivity index (χ1v) is 15.8. The van der Waals surface area contributed by atoms with E-state index in [0.717, 1.165) is 32.1 Å². The molecule has 16 heteroatoms. The fourth-order valence-electron chi connectivity index (χ4n) is 6.91. The highest BCUT2D eigenvalue weighted by Crippen LogP contribution is 2.39. The highest BCUT2D eigenvalue weighted by molar-refractivity contribution is 6.02. The van der Waals surface area contributed by atoms with Crippen LogP contribution in [0.15, 0.2) is 0 Å². The molecular formula is C29H42N8O8. The third-order valence-electron chi connectivity index (χ3n) is 9.77. The number of β-lactam (4-membered cyclic amide) rings is 2. The normalized spacial score (nSPS) is 29.0. The van der Waals surface area contributed by atoms with Crippen molar-refractivity contribution < 1.29 is 38.4 Å². The molecule has 2 aliphatic carbocycles. The van der Waals surface area contributed by atoms with Crippen molar-refractivity contribution in [3.8, 4) is 0 Å². The van der Waals surface area contributed by atoms with Crippen molar-refractivity contribution in [1.82, 2.24) is 31.1 Å². The van der Waals surface area contributed by atoms with Gasteiger partial charge in [0, 0.05) is 13.1 Å². The summed E-state index contributed by atoms with van der Waals surface area (Å²) in [6.07, 6.45) is 7.87. The Hall–Kier alpha value is -4.24. The predicted octanol–water partition coefficient (Wildman–Crippen LogP) is -2.83. The minimum Gasteiger partial charge on any atom is -0.368 e. The molecule has 4 heterocycles. The van der Waals surface area contributed by atoms with Gasteiger partial charge in [-0.15, -0.1) is 0 Å². The molecule has 4 aliphatic heterocycles. The number of rotatable bonds is 8. The minimum absolute atomic E-state index is 0.156. The second-order valence-electron chi connectivity index (χ2n) is 13.0. The molecule has 0 unspecified atom stereocenters. The van der Waals surface area contributed by atoms with E-state index in [2.05, 4.69) is 21.3 Å². The summed E-state index contributed by atoms with van der Waals surface area (Å²) in [6, 6.07) is -2.27. The lowest BCUT2D eigenvalue weighted by Crippen LogP contribution is -2.66. The van der Waals surface area contributed by atoms with Gasteiger partial charge in [0.15, 0.2) is 0 Å². The summed E-state index contributed by atoms with van der Waals surface area (Å²) < 4.78 is 0. The maximum absolute atomic E-state index is 13.2. The molecule has 0 aromatic carbocycles. The number of amides is 8. The van der Waals surface area contributed by atoms with Gasteiger partial charge in [0.1, 0.15) is 35.2 Å². The van der Waals surface area contributed by atoms with Crippen LogP contribution in [0.3, 0.4) is 0 Å². The van der Waals surface area contributed by atoms with Gasteiger partial charge >= 0.3 is 0 Å². The SMILES string of the molecule is NC(=O)[C@@H]1CCCN1C(=O)C1(NC(=O)[C@@H]2CC(=O)N2)CC1.NC(=O)[C@@H]1CCCN1C(=O)C1(NC(=O)[C@@H]2CC(=O)N2)CCCCC1. The van der Waals surface area contributed by atoms with Crippen LogP contribution in [-0.2, 0) is 38.4 Å². The molecule has 16 nitrogen and oxygen atoms in total. The zero-order valence-electron chi connectivity index (χ0n) is 25.2. The zero-order chi connectivity index (χ0) is 32.5. The van der Waals surface area contributed by atoms with Crippen LogP contribution in [0.5, 0.6) is 0 Å². The van der Waals surface area contributed by atoms with Crippen LogP contribution in [0.25, 0.3) is 0 Å². The van der Waals surface area contributed by atoms with Gasteiger partial charge < -0.3 is 42.5 Å². The van der Waals surface area contributed by atoms with Crippen molar-refractivity contribution in [2.75, 3.05) is 13.1 Å². The van der Waals surface area contributed by atoms with Crippen molar-refractivity contribution in [1.29, 1.82) is 0 Å². The van der Waals surface area contributed by atoms with Crippen molar-refractivity contribution in [2.24, 2.45) is 11.5 Å². The molecule has 6 fully saturated rings. The number of primary amides is 2. The second kappa shape index (κ2) is 12.6. The molecule has 2 saturated carbocycles. The Balaban J connectivity index is 0.000000179. The molecule has 0 aromatic heterocycles. The highest BCUT2D eigenvalue weighted by atomic mass is 16.2. The van der Waals surface area contributed by atoms with Gasteiger partial charge in [0.05, 0.1) is 12.8 Å². The standard InChI is InChI=1S/C16H24N4O4.C13H18N4O4/c17-13(22)11-5-4-8-20(11)15(24)16(6-2-1-3-7-16)19-14(23)10-9-12(21)18-10;14-10(19)8-2-1-5-17(8)12(21)13(3-4-13)16-11(20)7-6-9(18)15-7/h10-11H,1-9H2,(H2,17,22)(H,18,21)(H,19,23);7-8H,1-6H2,(H2,14,19)(H,15,18)(H,16,20)/t10-,11-;7-,8-/m00/s1. The summed E-state index contributed by atoms with van der Waals surface area (Å²) in [4.78, 5) is 98.0. The fraction of sp³-hybridized carbons (Fsp3) is 0.724. The predicted molar refractivity (Wildman–Crippen MR) is 155 cm³/mol. The fourth-order valence-corrected chi connectivity index (χ4v) is 6.91. The molecule has 8 N–H and O–H groups in total. The third kappa shape index (κ3) is 6.59. The Morgan fingerprint density at radius 1 is 0.622 bits per heavy atom. The van der Waals surface area contributed by atoms with Crippen molar-refractivity contribution in [2.45, 2.75) is 119 Å². The molecule has 8 amide bonds. The zero-order valence-corrected chi connectivity index (χ0v) is 25.2. The van der Waals surface area contributed by atoms with Gasteiger partial charge in [-0.3, -0.25) is 38.4 Å². The number of nitrogens with one attached hydrogen (secondary N) is 4. The third-order valence-corrected chi connectivity index (χ3v) is 9.77. The van der Waals surface area contributed by atoms with E-state index in [1.807, 2.05) is 0 Å². The quantitative estimate of drug-likeness (QED) is 0.152. The molecule has 0 spiro atoms. The Kier molecular flexibility index (Phi) is 9.03. The highest BCUT2D eigenvalue weighted by Gasteiger charge is 2.56. The lowest BCUT2D eigenvalue weighted by atomic mass is 9.79. The summed E-state index contributed by atoms with van der Waals surface area (Å²) in [6.45, 7) is 0.981. The minimum atomic E-state index is -0.978. The lowest BCUT2D eigenvalue weighted by molar-refractivity contribution is -0.148. The van der Waals surface area contributed by atoms with Crippen LogP contribution in [0, 0.1) is 0 Å². The average molecular weight is 631 g/mol. The Morgan fingerprint density at radius 3 is 1.33 bits per heavy atom. The van der Waals surface area contributed by atoms with Crippen LogP contribution in [0.1, 0.15) is 83.5 Å². The second-order valence-corrected chi connectivity index (χ2v) is 13.0. The molecule has 0 bridgehead atoms. The molecule has 0 aromatic rings. The maximum atomic E-state index is 13.2. The van der Waals surface area contributed by atoms with Gasteiger partial charge in [-0.2, -0.15) is 0 Å². The van der Waals surface area contributed by atoms with E-state index in [9.17, 15) is 38.4 Å². The van der Waals surface area contributed by atoms with E-state index in [1.54, 1.807) is 0 Å². The van der Waals surface area contributed by atoms with E-state index >= 15 is 0 Å². The van der Waals surface area contributed by atoms with Crippen LogP contribution in [-0.4, -0.2) is 105 Å². The lowest BCUT2D eigenvalue weighted by Gasteiger charge is -2.41. The number of carbonyl (C=O) groups is 8. The van der Waals surface area contributed by atoms with Crippen molar-refractivity contribution in [3.63, 3.8) is 0 Å². The number of hydrogen-bond donors (Lipinski definition) is 6. The van der Waals surface area contributed by atoms with E-state index in [1.165, 1.54) is 9.80 Å². The van der Waals surface area contributed by atoms with Crippen LogP contribution < -0.4 is 32.7 Å². The van der Waals surface area contributed by atoms with Gasteiger partial charge in [0.2, 0.25) is 47.3 Å². The van der Waals surface area contributed by atoms with E-state index in [4.69, 9.17) is 11.5 Å². The molecule has 4 atom stereocenters. The topological polar surface area (TPSA) is 243 Å². The molecule has 45 heavy (non-hydrogen) atoms. The number of likely N-dealkylation sites (tertiary alicyclic amines) is 2. The summed E-state index contributed by atoms with van der Waals surface area (Å²) in [5.74, 6) is -2.42. The number of nitrogens with zero attached hydrogens (tertiary/aromatic N) is 2. The van der Waals surface area contributed by atoms with Gasteiger partial charge in [-0.25, -0.2) is 0 Å². The summed E-state index contributed by atoms with van der Waals surface area (Å²) in [7, 11) is 0. The summed E-state index contributed by atoms with van der Waals surface area (Å²) >= 11 is 0. The molecule has 0 radical (unpaired) electrons. The number of nitrogens with two attached hydrogens (primary N) is 2. The van der Waals surface area contributed by atoms with Crippen LogP contribution in [0.4, 0.5) is 0 Å². The van der Waals surface area contributed by atoms with Gasteiger partial charge in [-0.05, 0) is 51.4 Å². The van der Waals surface area contributed by atoms with Gasteiger partial charge in [0.25, 0.3) is 0 Å². The molecule has 6 rings (SSSR count). The van der Waals surface area contributed by atoms with Gasteiger partial charge in [-0.1, -0.05) is 19.3 Å². The Bertz CT molecular complexity index is 1280. The first-order chi connectivity index (χ1) is 21.4. The van der Waals surface area contributed by atoms with Crippen LogP contribution in [0.2, 0.25) is 0 Å². The smallest absolute Gasteiger partial charge is 0.249 e. The maximum Gasteiger partial charge on any atom is 0.249 e. The summed E-state index contributed by atoms with van der Waals surface area (Å²) in [5, 5.41) is 10.6. The number of carbonyl (C=O) groups excluding carboxylic acids is 8. The Morgan fingerprint density at radius 2 is 1.00 bits per heavy atom. The molecular weight excluding hydrogens is 588 g/mol. The van der Waals surface area contributed by atoms with E-state index in [0.29, 0.717) is 51.6 Å². The van der Waals surface area contributed by atoms with Crippen molar-refractivity contribution >= 4 is 47.3 Å². The Labute approximate surface area is 260 Å². The van der Waals surface area contributed by atoms with E-state index in [-0.39, 0.29) is 48.3 Å². The molecule has 246 valence electrons. The first-order valence-electron chi connectivity index (χ1n) is 15.8. The average Bonchev–Trinajstić information content (AvgIpc) is 3.35. The van der Waals surface area contributed by atoms with Crippen molar-refractivity contribution in [3.05, 3.63) is 0 Å².